The number of carbonyl (C=O) groups excluding carboxylic acids is 1. The van der Waals surface area contributed by atoms with Crippen LogP contribution in [0.15, 0.2) is 23.0 Å². The number of nitrogens with zero attached hydrogens (tertiary/aromatic N) is 9. The molecule has 24 rings (SSSR count). The largest absolute Gasteiger partial charge is 0.497 e. The number of carbonyl (C=O) groups is 1. The average Bonchev–Trinajstić information content (AvgIpc) is 1.61. The van der Waals surface area contributed by atoms with E-state index in [0.717, 1.165) is 164 Å². The van der Waals surface area contributed by atoms with Gasteiger partial charge >= 0.3 is 0 Å². The Morgan fingerprint density at radius 1 is 0.322 bits per heavy atom. The monoisotopic (exact) mass is 2030 g/mol. The first-order valence-electron chi connectivity index (χ1n) is 62.8. The minimum absolute atomic E-state index is 0.129. The molecule has 7 saturated carbocycles. The van der Waals surface area contributed by atoms with Crippen molar-refractivity contribution in [3.8, 4) is 0 Å². The summed E-state index contributed by atoms with van der Waals surface area (Å²) in [5, 5.41) is 7.23. The molecule has 15 nitrogen and oxygen atoms in total. The maximum atomic E-state index is 11.8. The number of fused-ring (bicyclic) bond motifs is 11. The van der Waals surface area contributed by atoms with E-state index in [0.29, 0.717) is 90.9 Å². The van der Waals surface area contributed by atoms with Crippen molar-refractivity contribution in [2.75, 3.05) is 151 Å². The van der Waals surface area contributed by atoms with Gasteiger partial charge in [0, 0.05) is 142 Å². The van der Waals surface area contributed by atoms with Crippen molar-refractivity contribution >= 4 is 5.91 Å². The van der Waals surface area contributed by atoms with Gasteiger partial charge in [-0.05, 0) is 477 Å². The smallest absolute Gasteiger partial charge is 0.237 e. The summed E-state index contributed by atoms with van der Waals surface area (Å²) in [6.45, 7) is 112. The highest BCUT2D eigenvalue weighted by molar-refractivity contribution is 5.80. The molecule has 846 valence electrons. The summed E-state index contributed by atoms with van der Waals surface area (Å²) in [5.74, 6) is 19.4. The number of nitrogens with one attached hydrogen (secondary N) is 2. The van der Waals surface area contributed by atoms with Gasteiger partial charge in [0.05, 0.1) is 50.3 Å². The third-order valence-corrected chi connectivity index (χ3v) is 42.1. The van der Waals surface area contributed by atoms with Crippen molar-refractivity contribution in [3.63, 3.8) is 0 Å². The molecule has 24 aliphatic rings. The molecule has 146 heavy (non-hydrogen) atoms. The molecule has 23 unspecified atom stereocenters. The first-order chi connectivity index (χ1) is 67.8. The molecule has 0 spiro atoms. The molecule has 23 atom stereocenters. The minimum atomic E-state index is 0.129. The van der Waals surface area contributed by atoms with Crippen molar-refractivity contribution < 1.29 is 19.0 Å². The molecule has 0 aromatic carbocycles. The number of piperidine rings is 4. The second-order valence-electron chi connectivity index (χ2n) is 65.1. The van der Waals surface area contributed by atoms with Crippen molar-refractivity contribution in [3.05, 3.63) is 23.0 Å². The molecule has 14 aliphatic heterocycles. The predicted molar refractivity (Wildman–Crippen MR) is 622 cm³/mol. The van der Waals surface area contributed by atoms with Gasteiger partial charge < -0.3 is 29.7 Å². The van der Waals surface area contributed by atoms with Gasteiger partial charge in [-0.15, -0.1) is 0 Å². The Morgan fingerprint density at radius 3 is 1.34 bits per heavy atom. The fourth-order valence-electron chi connectivity index (χ4n) is 30.7. The third kappa shape index (κ3) is 34.2. The van der Waals surface area contributed by atoms with Gasteiger partial charge in [0.1, 0.15) is 0 Å². The maximum Gasteiger partial charge on any atom is 0.237 e. The van der Waals surface area contributed by atoms with E-state index >= 15 is 0 Å². The van der Waals surface area contributed by atoms with Gasteiger partial charge in [-0.1, -0.05) is 161 Å². The van der Waals surface area contributed by atoms with Gasteiger partial charge in [-0.25, -0.2) is 0 Å². The normalized spacial score (nSPS) is 36.0. The number of rotatable bonds is 0. The molecule has 0 aromatic heterocycles. The quantitative estimate of drug-likeness (QED) is 0.225. The lowest BCUT2D eigenvalue weighted by Gasteiger charge is -2.49. The lowest BCUT2D eigenvalue weighted by molar-refractivity contribution is -0.209. The zero-order chi connectivity index (χ0) is 107. The Balaban J connectivity index is 0.000000133. The van der Waals surface area contributed by atoms with E-state index in [1.165, 1.54) is 310 Å². The molecule has 0 radical (unpaired) electrons. The summed E-state index contributed by atoms with van der Waals surface area (Å²) in [7, 11) is 0. The second kappa shape index (κ2) is 49.8. The number of ether oxygens (including phenoxy) is 3. The molecular weight excluding hydrogens is 1790 g/mol. The van der Waals surface area contributed by atoms with Crippen LogP contribution in [-0.2, 0) is 19.0 Å². The van der Waals surface area contributed by atoms with Crippen LogP contribution in [-0.4, -0.2) is 270 Å². The lowest BCUT2D eigenvalue weighted by Crippen LogP contribution is -2.58. The van der Waals surface area contributed by atoms with Gasteiger partial charge in [0.15, 0.2) is 0 Å². The summed E-state index contributed by atoms with van der Waals surface area (Å²) < 4.78 is 16.7. The zero-order valence-electron chi connectivity index (χ0n) is 103. The molecule has 2 N–H and O–H groups in total. The maximum absolute atomic E-state index is 11.8. The number of hydrogen-bond acceptors (Lipinski definition) is 14. The predicted octanol–water partition coefficient (Wildman–Crippen LogP) is 28.3. The van der Waals surface area contributed by atoms with Crippen molar-refractivity contribution in [2.24, 2.45) is 139 Å². The van der Waals surface area contributed by atoms with E-state index in [-0.39, 0.29) is 5.54 Å². The Morgan fingerprint density at radius 2 is 0.815 bits per heavy atom. The van der Waals surface area contributed by atoms with Gasteiger partial charge in [-0.2, -0.15) is 0 Å². The van der Waals surface area contributed by atoms with Crippen LogP contribution >= 0.6 is 0 Å². The van der Waals surface area contributed by atoms with Crippen molar-refractivity contribution in [1.82, 2.24) is 54.7 Å². The Hall–Kier alpha value is -1.73. The Kier molecular flexibility index (Phi) is 41.4. The van der Waals surface area contributed by atoms with Crippen molar-refractivity contribution in [1.29, 1.82) is 0 Å². The molecule has 21 fully saturated rings. The number of likely N-dealkylation sites (tertiary alicyclic amines) is 4. The molecule has 15 heteroatoms. The standard InChI is InChI=1S/C13H25N.C12H23N.C12H20.C11H20N2O.C11H22N2.C11H21NO.2C11H21N.C10H19N.C10H16O.C10H18O.C9H17N/c1-13(2,3)14-9-5-8-11-6-4-7-12(11)10-14;1-12(2,3)11-6-9-4-5-13-8-10(9)7-11;1-12(2,3)11-7-9-5-4-6-10(9)8-11;1-11(2,3)12-7-9-5-4-6-13(9)10(14)8-12;1-11(2,3)13-8-7-12-6-4-5-10(12)9-13;1-11(2,3)9-6-10-8-13-5-4-12(10)7-9;1-11(2,3)12-7-6-9-4-5-10(9)8-12;1-11(2,3)10-9-6-4-5-8(9)7-12-10;1-10(2,3)11-5-4-8-6-9(8)7-11;1-10(2,3)8-4-7-6-11-9(7)5-8;1-10(2,3)9-7-5-4-6-8(7)11-9;1-9(2,3)10-5-7-4-8(7)6-10/h11-12H,4-10H2,1-3H3;9-11,13H,4-8H2,1-3H3;11H,4-8H2,1-3H3;9H,4-8H2,1-3H3;10H,4-9H2,1-3H3;9-10H,4-8H2,1-3H3;9-10H,4-8H2,1-3H3;8-10,12H,4-7H2,1-3H3;8-9H,4-7H2,1-3H3;5,7-8H,4,6H2,1-3H3;7-9H,4-6H2,1-3H3;7-8H,4-6H2,1-3H3. The number of morpholine rings is 1. The topological polar surface area (TPSA) is 98.0 Å². The highest BCUT2D eigenvalue weighted by atomic mass is 16.5. The number of piperazine rings is 2. The number of amides is 1. The Labute approximate surface area is 904 Å². The summed E-state index contributed by atoms with van der Waals surface area (Å²) in [6, 6.07) is 2.87. The fraction of sp³-hybridized carbons (Fsp3) is 0.962. The van der Waals surface area contributed by atoms with E-state index in [4.69, 9.17) is 14.2 Å². The zero-order valence-corrected chi connectivity index (χ0v) is 103. The van der Waals surface area contributed by atoms with Crippen LogP contribution in [0.5, 0.6) is 0 Å². The molecule has 10 aliphatic carbocycles. The molecule has 1 amide bonds. The highest BCUT2D eigenvalue weighted by Crippen LogP contribution is 2.55. The third-order valence-electron chi connectivity index (χ3n) is 42.1. The molecule has 14 saturated heterocycles. The molecule has 0 bridgehead atoms. The highest BCUT2D eigenvalue weighted by Gasteiger charge is 2.53. The first-order valence-corrected chi connectivity index (χ1v) is 62.8. The van der Waals surface area contributed by atoms with E-state index < -0.39 is 0 Å². The van der Waals surface area contributed by atoms with Crippen LogP contribution in [0.1, 0.15) is 448 Å². The lowest BCUT2D eigenvalue weighted by atomic mass is 9.69. The number of allylic oxidation sites excluding steroid dienone is 3. The van der Waals surface area contributed by atoms with Crippen LogP contribution < -0.4 is 10.6 Å². The first kappa shape index (κ1) is 121. The Bertz CT molecular complexity index is 3890. The second-order valence-corrected chi connectivity index (χ2v) is 65.1. The molecular formula is C131H243N11O4. The minimum Gasteiger partial charge on any atom is -0.497 e. The van der Waals surface area contributed by atoms with E-state index in [1.54, 1.807) is 0 Å². The molecule has 14 heterocycles. The van der Waals surface area contributed by atoms with Crippen LogP contribution in [0.3, 0.4) is 0 Å². The van der Waals surface area contributed by atoms with E-state index in [9.17, 15) is 4.79 Å². The summed E-state index contributed by atoms with van der Waals surface area (Å²) in [4.78, 5) is 34.7. The van der Waals surface area contributed by atoms with Gasteiger partial charge in [-0.3, -0.25) is 44.0 Å². The van der Waals surface area contributed by atoms with Crippen LogP contribution in [0, 0.1) is 139 Å². The SMILES string of the molecule is CC(C)(C)C1C=C2OCC2C1.CC(C)(C)C1CC2=C(CCC2)C1.CC(C)(C)C1CC2CCNCC2C1.CC(C)(C)C1CC2COCCN2C1.CC(C)(C)C1NCC2CCCC21.CC(C)(C)C1OC2CCCC21.CC(C)(C)N1CC(=O)N2CCCC2C1.CC(C)(C)N1CC2CC2C1.CC(C)(C)N1CCC2CC2C1.CC(C)(C)N1CCC2CCC2C1.CC(C)(C)N1CCCC2CCCC2C1.CC(C)(C)N1CCN2CCCC2C1. The number of hydrogen-bond donors (Lipinski definition) is 2. The van der Waals surface area contributed by atoms with E-state index in [2.05, 4.69) is 310 Å². The van der Waals surface area contributed by atoms with Gasteiger partial charge in [0.25, 0.3) is 0 Å². The average molecular weight is 2040 g/mol. The summed E-state index contributed by atoms with van der Waals surface area (Å²) >= 11 is 0. The van der Waals surface area contributed by atoms with Crippen LogP contribution in [0.4, 0.5) is 0 Å². The van der Waals surface area contributed by atoms with Crippen LogP contribution in [0.2, 0.25) is 0 Å². The van der Waals surface area contributed by atoms with Crippen LogP contribution in [0.25, 0.3) is 0 Å². The summed E-state index contributed by atoms with van der Waals surface area (Å²) in [5.41, 5.74) is 8.57. The molecule has 0 aromatic rings. The van der Waals surface area contributed by atoms with Gasteiger partial charge in [0.2, 0.25) is 5.91 Å². The van der Waals surface area contributed by atoms with E-state index in [1.807, 2.05) is 11.1 Å². The summed E-state index contributed by atoms with van der Waals surface area (Å²) in [6.07, 6.45) is 47.9. The van der Waals surface area contributed by atoms with Crippen molar-refractivity contribution in [2.45, 2.75) is 518 Å². The fourth-order valence-corrected chi connectivity index (χ4v) is 30.7.